The molecule has 0 aromatic heterocycles. The highest BCUT2D eigenvalue weighted by atomic mass is 32.2. The Morgan fingerprint density at radius 2 is 1.70 bits per heavy atom. The summed E-state index contributed by atoms with van der Waals surface area (Å²) in [6.07, 6.45) is 0.617. The summed E-state index contributed by atoms with van der Waals surface area (Å²) in [7, 11) is -0.720. The van der Waals surface area contributed by atoms with Gasteiger partial charge in [0.05, 0.1) is 4.90 Å². The van der Waals surface area contributed by atoms with E-state index in [-0.39, 0.29) is 16.5 Å². The molecule has 1 amide bonds. The van der Waals surface area contributed by atoms with Gasteiger partial charge in [-0.25, -0.2) is 12.7 Å². The highest BCUT2D eigenvalue weighted by molar-refractivity contribution is 7.89. The Morgan fingerprint density at radius 3 is 2.09 bits per heavy atom. The Kier molecular flexibility index (Phi) is 6.28. The fourth-order valence-electron chi connectivity index (χ4n) is 1.94. The maximum atomic E-state index is 12.5. The maximum Gasteiger partial charge on any atom is 0.323 e. The van der Waals surface area contributed by atoms with Crippen LogP contribution in [0.3, 0.4) is 0 Å². The lowest BCUT2D eigenvalue weighted by Crippen LogP contribution is -2.41. The van der Waals surface area contributed by atoms with E-state index >= 15 is 0 Å². The average Bonchev–Trinajstić information content (AvgIpc) is 2.51. The number of carboxylic acid groups (broad SMARTS) is 1. The van der Waals surface area contributed by atoms with Crippen LogP contribution in [-0.2, 0) is 14.8 Å². The van der Waals surface area contributed by atoms with E-state index in [1.54, 1.807) is 6.92 Å². The van der Waals surface area contributed by atoms with Crippen molar-refractivity contribution in [2.45, 2.75) is 31.2 Å². The van der Waals surface area contributed by atoms with Crippen molar-refractivity contribution in [1.82, 2.24) is 9.21 Å². The van der Waals surface area contributed by atoms with E-state index in [1.807, 2.05) is 6.92 Å². The quantitative estimate of drug-likeness (QED) is 0.805. The molecule has 0 aliphatic rings. The molecule has 0 saturated heterocycles. The lowest BCUT2D eigenvalue weighted by Gasteiger charge is -2.27. The first kappa shape index (κ1) is 19.1. The van der Waals surface area contributed by atoms with Crippen molar-refractivity contribution in [2.75, 3.05) is 20.6 Å². The number of sulfonamides is 1. The second-order valence-corrected chi connectivity index (χ2v) is 7.55. The van der Waals surface area contributed by atoms with Gasteiger partial charge in [-0.15, -0.1) is 0 Å². The number of hydrogen-bond donors (Lipinski definition) is 1. The largest absolute Gasteiger partial charge is 0.480 e. The van der Waals surface area contributed by atoms with Crippen molar-refractivity contribution in [3.05, 3.63) is 29.8 Å². The monoisotopic (exact) mass is 342 g/mol. The zero-order chi connectivity index (χ0) is 17.8. The molecule has 0 spiro atoms. The predicted molar refractivity (Wildman–Crippen MR) is 85.7 cm³/mol. The number of amides is 1. The number of aliphatic carboxylic acids is 1. The van der Waals surface area contributed by atoms with Crippen molar-refractivity contribution in [3.8, 4) is 0 Å². The molecule has 8 heteroatoms. The number of carbonyl (C=O) groups is 2. The maximum absolute atomic E-state index is 12.5. The molecule has 1 rings (SSSR count). The lowest BCUT2D eigenvalue weighted by molar-refractivity contribution is -0.138. The molecule has 0 saturated carbocycles. The van der Waals surface area contributed by atoms with Crippen LogP contribution >= 0.6 is 0 Å². The Bertz CT molecular complexity index is 668. The van der Waals surface area contributed by atoms with Gasteiger partial charge in [-0.3, -0.25) is 9.59 Å². The Morgan fingerprint density at radius 1 is 1.17 bits per heavy atom. The average molecular weight is 342 g/mol. The molecule has 128 valence electrons. The third-order valence-corrected chi connectivity index (χ3v) is 5.40. The molecule has 1 aromatic rings. The summed E-state index contributed by atoms with van der Waals surface area (Å²) in [6.45, 7) is 3.23. The van der Waals surface area contributed by atoms with E-state index in [0.717, 1.165) is 4.31 Å². The van der Waals surface area contributed by atoms with Crippen LogP contribution in [-0.4, -0.2) is 61.3 Å². The minimum Gasteiger partial charge on any atom is -0.480 e. The fraction of sp³-hybridized carbons (Fsp3) is 0.467. The van der Waals surface area contributed by atoms with Gasteiger partial charge in [0.15, 0.2) is 0 Å². The van der Waals surface area contributed by atoms with Gasteiger partial charge in [0.1, 0.15) is 6.54 Å². The predicted octanol–water partition coefficient (Wildman–Crippen LogP) is 1.26. The van der Waals surface area contributed by atoms with Crippen molar-refractivity contribution in [2.24, 2.45) is 0 Å². The number of carboxylic acids is 1. The first-order valence-electron chi connectivity index (χ1n) is 7.16. The Balaban J connectivity index is 3.10. The van der Waals surface area contributed by atoms with Crippen LogP contribution in [0.1, 0.15) is 30.6 Å². The minimum absolute atomic E-state index is 0.0763. The third-order valence-electron chi connectivity index (χ3n) is 3.57. The molecule has 0 heterocycles. The van der Waals surface area contributed by atoms with E-state index in [0.29, 0.717) is 6.42 Å². The van der Waals surface area contributed by atoms with Crippen LogP contribution in [0.2, 0.25) is 0 Å². The zero-order valence-electron chi connectivity index (χ0n) is 13.7. The van der Waals surface area contributed by atoms with Gasteiger partial charge in [-0.05, 0) is 37.6 Å². The molecule has 0 fully saturated rings. The van der Waals surface area contributed by atoms with Gasteiger partial charge in [-0.2, -0.15) is 0 Å². The Hall–Kier alpha value is -1.93. The van der Waals surface area contributed by atoms with Crippen molar-refractivity contribution in [1.29, 1.82) is 0 Å². The van der Waals surface area contributed by atoms with Gasteiger partial charge >= 0.3 is 5.97 Å². The number of rotatable bonds is 7. The van der Waals surface area contributed by atoms with E-state index < -0.39 is 28.4 Å². The standard InChI is InChI=1S/C15H22N2O5S/c1-5-11(2)17(10-14(18)19)15(20)12-6-8-13(9-7-12)23(21,22)16(3)4/h6-9,11H,5,10H2,1-4H3,(H,18,19). The summed E-state index contributed by atoms with van der Waals surface area (Å²) in [5.74, 6) is -1.53. The molecule has 7 nitrogen and oxygen atoms in total. The zero-order valence-corrected chi connectivity index (χ0v) is 14.5. The molecule has 1 atom stereocenters. The Labute approximate surface area is 136 Å². The SMILES string of the molecule is CCC(C)N(CC(=O)O)C(=O)c1ccc(S(=O)(=O)N(C)C)cc1. The summed E-state index contributed by atoms with van der Waals surface area (Å²) in [4.78, 5) is 24.8. The van der Waals surface area contributed by atoms with E-state index in [1.165, 1.54) is 43.3 Å². The molecule has 23 heavy (non-hydrogen) atoms. The van der Waals surface area contributed by atoms with E-state index in [9.17, 15) is 18.0 Å². The number of nitrogens with zero attached hydrogens (tertiary/aromatic N) is 2. The third kappa shape index (κ3) is 4.52. The van der Waals surface area contributed by atoms with Crippen LogP contribution < -0.4 is 0 Å². The molecule has 0 radical (unpaired) electrons. The van der Waals surface area contributed by atoms with Crippen LogP contribution in [0.15, 0.2) is 29.2 Å². The second-order valence-electron chi connectivity index (χ2n) is 5.40. The first-order valence-corrected chi connectivity index (χ1v) is 8.60. The summed E-state index contributed by atoms with van der Waals surface area (Å²) >= 11 is 0. The first-order chi connectivity index (χ1) is 10.6. The highest BCUT2D eigenvalue weighted by Crippen LogP contribution is 2.16. The molecule has 1 aromatic carbocycles. The van der Waals surface area contributed by atoms with Gasteiger partial charge in [-0.1, -0.05) is 6.92 Å². The molecule has 1 N–H and O–H groups in total. The van der Waals surface area contributed by atoms with Crippen LogP contribution in [0.5, 0.6) is 0 Å². The summed E-state index contributed by atoms with van der Waals surface area (Å²) in [6, 6.07) is 5.26. The smallest absolute Gasteiger partial charge is 0.323 e. The molecule has 1 unspecified atom stereocenters. The topological polar surface area (TPSA) is 95.0 Å². The van der Waals surface area contributed by atoms with Gasteiger partial charge in [0.25, 0.3) is 5.91 Å². The summed E-state index contributed by atoms with van der Waals surface area (Å²) in [5, 5.41) is 8.96. The molecule has 0 aliphatic carbocycles. The van der Waals surface area contributed by atoms with Gasteiger partial charge < -0.3 is 10.0 Å². The lowest BCUT2D eigenvalue weighted by atomic mass is 10.1. The van der Waals surface area contributed by atoms with Crippen LogP contribution in [0.4, 0.5) is 0 Å². The molecule has 0 bridgehead atoms. The fourth-order valence-corrected chi connectivity index (χ4v) is 2.84. The van der Waals surface area contributed by atoms with E-state index in [2.05, 4.69) is 0 Å². The summed E-state index contributed by atoms with van der Waals surface area (Å²) in [5.41, 5.74) is 0.254. The van der Waals surface area contributed by atoms with Crippen LogP contribution in [0.25, 0.3) is 0 Å². The number of carbonyl (C=O) groups excluding carboxylic acids is 1. The minimum atomic E-state index is -3.57. The molecular weight excluding hydrogens is 320 g/mol. The van der Waals surface area contributed by atoms with Crippen molar-refractivity contribution >= 4 is 21.9 Å². The highest BCUT2D eigenvalue weighted by Gasteiger charge is 2.24. The summed E-state index contributed by atoms with van der Waals surface area (Å²) < 4.78 is 25.1. The number of benzene rings is 1. The second kappa shape index (κ2) is 7.56. The number of hydrogen-bond acceptors (Lipinski definition) is 4. The molecule has 0 aliphatic heterocycles. The van der Waals surface area contributed by atoms with Crippen LogP contribution in [0, 0.1) is 0 Å². The van der Waals surface area contributed by atoms with Gasteiger partial charge in [0.2, 0.25) is 10.0 Å². The van der Waals surface area contributed by atoms with Crippen molar-refractivity contribution < 1.29 is 23.1 Å². The van der Waals surface area contributed by atoms with Gasteiger partial charge in [0, 0.05) is 25.7 Å². The normalized spacial score (nSPS) is 12.9. The van der Waals surface area contributed by atoms with E-state index in [4.69, 9.17) is 5.11 Å². The molecular formula is C15H22N2O5S. The van der Waals surface area contributed by atoms with Crippen molar-refractivity contribution in [3.63, 3.8) is 0 Å².